The highest BCUT2D eigenvalue weighted by molar-refractivity contribution is 7.47. The first-order valence-corrected chi connectivity index (χ1v) is 37.4. The lowest BCUT2D eigenvalue weighted by atomic mass is 10.0. The minimum absolute atomic E-state index is 0.0311. The lowest BCUT2D eigenvalue weighted by Crippen LogP contribution is -2.47. The Bertz CT molecular complexity index is 1900. The largest absolute Gasteiger partial charge is 0.472 e. The summed E-state index contributed by atoms with van der Waals surface area (Å²) in [5.41, 5.74) is 0. The van der Waals surface area contributed by atoms with Crippen LogP contribution in [-0.2, 0) is 27.9 Å². The van der Waals surface area contributed by atoms with Gasteiger partial charge in [-0.25, -0.2) is 4.57 Å². The van der Waals surface area contributed by atoms with Crippen molar-refractivity contribution in [3.8, 4) is 0 Å². The molecule has 0 saturated heterocycles. The molecule has 2 N–H and O–H groups in total. The quantitative estimate of drug-likeness (QED) is 0.0205. The van der Waals surface area contributed by atoms with Crippen molar-refractivity contribution in [3.05, 3.63) is 122 Å². The summed E-state index contributed by atoms with van der Waals surface area (Å²) in [7, 11) is 1.47. The topological polar surface area (TPSA) is 111 Å². The maximum Gasteiger partial charge on any atom is 0.472 e. The summed E-state index contributed by atoms with van der Waals surface area (Å²) in [4.78, 5) is 38.0. The van der Waals surface area contributed by atoms with Crippen molar-refractivity contribution >= 4 is 19.7 Å². The maximum atomic E-state index is 13.6. The molecule has 500 valence electrons. The molecule has 0 fully saturated rings. The van der Waals surface area contributed by atoms with E-state index in [1.807, 2.05) is 33.3 Å². The Balaban J connectivity index is 5.17. The second kappa shape index (κ2) is 65.4. The first-order valence-electron chi connectivity index (χ1n) is 35.9. The number of ether oxygens (including phenoxy) is 1. The summed E-state index contributed by atoms with van der Waals surface area (Å²) >= 11 is 0. The summed E-state index contributed by atoms with van der Waals surface area (Å²) in [6.45, 7) is 6.87. The molecule has 87 heavy (non-hydrogen) atoms. The van der Waals surface area contributed by atoms with Crippen molar-refractivity contribution in [2.75, 3.05) is 40.9 Å². The van der Waals surface area contributed by atoms with Gasteiger partial charge in [-0.15, -0.1) is 0 Å². The van der Waals surface area contributed by atoms with Gasteiger partial charge in [-0.3, -0.25) is 18.6 Å². The Morgan fingerprint density at radius 3 is 1.13 bits per heavy atom. The van der Waals surface area contributed by atoms with Gasteiger partial charge in [0.2, 0.25) is 5.91 Å². The van der Waals surface area contributed by atoms with E-state index in [0.29, 0.717) is 17.4 Å². The fourth-order valence-electron chi connectivity index (χ4n) is 9.89. The Morgan fingerprint density at radius 1 is 0.414 bits per heavy atom. The molecule has 0 radical (unpaired) electrons. The molecule has 3 unspecified atom stereocenters. The van der Waals surface area contributed by atoms with Crippen molar-refractivity contribution in [1.82, 2.24) is 5.32 Å². The molecule has 0 aromatic rings. The fourth-order valence-corrected chi connectivity index (χ4v) is 10.6. The summed E-state index contributed by atoms with van der Waals surface area (Å²) in [5.74, 6) is -0.527. The van der Waals surface area contributed by atoms with Crippen LogP contribution in [0.25, 0.3) is 0 Å². The molecule has 0 rings (SSSR count). The SMILES string of the molecule is CC/C=C\C/C=C\C/C=C\C/C=C\C/C=C\C/C=C\CCCCCCCCC(=O)OC(/C=C/CCCCCCCCCCCCC)C(COP(=O)(O)OCC[N+](C)(C)C)NC(=O)CCCCCCCCCCCC/C=C\C/C=C\C/C=C\CCCCC. The van der Waals surface area contributed by atoms with Gasteiger partial charge in [-0.1, -0.05) is 290 Å². The van der Waals surface area contributed by atoms with Crippen molar-refractivity contribution < 1.29 is 37.3 Å². The van der Waals surface area contributed by atoms with Crippen molar-refractivity contribution in [3.63, 3.8) is 0 Å². The number of carbonyl (C=O) groups is 2. The number of hydrogen-bond acceptors (Lipinski definition) is 6. The average Bonchev–Trinajstić information content (AvgIpc) is 3.70. The highest BCUT2D eigenvalue weighted by Crippen LogP contribution is 2.43. The zero-order valence-corrected chi connectivity index (χ0v) is 58.1. The summed E-state index contributed by atoms with van der Waals surface area (Å²) in [6, 6.07) is -0.866. The van der Waals surface area contributed by atoms with E-state index in [0.717, 1.165) is 148 Å². The summed E-state index contributed by atoms with van der Waals surface area (Å²) in [5, 5.41) is 3.07. The number of esters is 1. The second-order valence-electron chi connectivity index (χ2n) is 25.0. The predicted octanol–water partition coefficient (Wildman–Crippen LogP) is 23.0. The first-order chi connectivity index (χ1) is 42.4. The van der Waals surface area contributed by atoms with Crippen molar-refractivity contribution in [2.24, 2.45) is 0 Å². The Labute approximate surface area is 537 Å². The highest BCUT2D eigenvalue weighted by atomic mass is 31.2. The van der Waals surface area contributed by atoms with Crippen LogP contribution in [0.3, 0.4) is 0 Å². The average molecular weight is 1230 g/mol. The molecular weight excluding hydrogens is 1100 g/mol. The fraction of sp³-hybridized carbons (Fsp3) is 0.714. The molecule has 0 aromatic heterocycles. The zero-order valence-electron chi connectivity index (χ0n) is 57.2. The number of nitrogens with zero attached hydrogens (tertiary/aromatic N) is 1. The van der Waals surface area contributed by atoms with E-state index in [1.165, 1.54) is 122 Å². The molecule has 0 spiro atoms. The standard InChI is InChI=1S/C77H135N2O7P/c1-7-10-13-16-19-22-25-28-30-32-34-36-38-39-41-43-45-47-49-52-55-58-61-64-67-70-77(81)86-75(68-65-62-59-56-53-50-27-24-21-18-15-12-9-3)74(73-85-87(82,83)84-72-71-79(4,5)6)78-76(80)69-66-63-60-57-54-51-48-46-44-42-40-37-35-33-31-29-26-23-20-17-14-11-8-2/h10,13,19-20,22-23,28-31,34-37,39,41,45,47,65,68,74-75H,7-9,11-12,14-18,21,24-27,32-33,38,40,42-44,46,48-64,66-67,69-73H2,1-6H3,(H-,78,80,82,83)/p+1/b13-10-,22-19-,23-20-,30-28-,31-29-,36-34-,37-35-,41-39-,47-45-,68-65+. The second-order valence-corrected chi connectivity index (χ2v) is 26.5. The van der Waals surface area contributed by atoms with Gasteiger partial charge in [0.1, 0.15) is 19.3 Å². The van der Waals surface area contributed by atoms with E-state index >= 15 is 0 Å². The molecule has 0 bridgehead atoms. The molecule has 0 heterocycles. The lowest BCUT2D eigenvalue weighted by Gasteiger charge is -2.27. The highest BCUT2D eigenvalue weighted by Gasteiger charge is 2.30. The number of unbranched alkanes of at least 4 members (excludes halogenated alkanes) is 30. The van der Waals surface area contributed by atoms with Crippen LogP contribution in [0.2, 0.25) is 0 Å². The van der Waals surface area contributed by atoms with Gasteiger partial charge >= 0.3 is 13.8 Å². The van der Waals surface area contributed by atoms with Crippen LogP contribution in [0.5, 0.6) is 0 Å². The third-order valence-corrected chi connectivity index (χ3v) is 16.4. The van der Waals surface area contributed by atoms with E-state index in [-0.39, 0.29) is 31.5 Å². The Hall–Kier alpha value is -3.59. The molecular formula is C77H136N2O7P+. The van der Waals surface area contributed by atoms with Gasteiger partial charge < -0.3 is 19.4 Å². The Kier molecular flexibility index (Phi) is 62.7. The van der Waals surface area contributed by atoms with Crippen molar-refractivity contribution in [2.45, 2.75) is 315 Å². The maximum absolute atomic E-state index is 13.6. The number of carbonyl (C=O) groups excluding carboxylic acids is 2. The van der Waals surface area contributed by atoms with E-state index in [1.54, 1.807) is 0 Å². The minimum Gasteiger partial charge on any atom is -0.456 e. The third-order valence-electron chi connectivity index (χ3n) is 15.4. The van der Waals surface area contributed by atoms with Gasteiger partial charge in [0.25, 0.3) is 0 Å². The van der Waals surface area contributed by atoms with E-state index in [4.69, 9.17) is 13.8 Å². The number of amides is 1. The lowest BCUT2D eigenvalue weighted by molar-refractivity contribution is -0.870. The molecule has 10 heteroatoms. The van der Waals surface area contributed by atoms with Crippen LogP contribution >= 0.6 is 7.82 Å². The number of likely N-dealkylation sites (N-methyl/N-ethyl adjacent to an activating group) is 1. The molecule has 0 aromatic carbocycles. The van der Waals surface area contributed by atoms with E-state index in [9.17, 15) is 19.0 Å². The van der Waals surface area contributed by atoms with Crippen LogP contribution in [0.4, 0.5) is 0 Å². The van der Waals surface area contributed by atoms with E-state index < -0.39 is 20.0 Å². The molecule has 3 atom stereocenters. The Morgan fingerprint density at radius 2 is 0.736 bits per heavy atom. The van der Waals surface area contributed by atoms with Gasteiger partial charge in [0.05, 0.1) is 33.8 Å². The number of allylic oxidation sites excluding steroid dienone is 19. The third kappa shape index (κ3) is 66.7. The summed E-state index contributed by atoms with van der Waals surface area (Å²) < 4.78 is 30.8. The number of quaternary nitrogens is 1. The zero-order chi connectivity index (χ0) is 63.5. The van der Waals surface area contributed by atoms with E-state index in [2.05, 4.69) is 135 Å². The van der Waals surface area contributed by atoms with Gasteiger partial charge in [-0.05, 0) is 122 Å². The van der Waals surface area contributed by atoms with Gasteiger partial charge in [0.15, 0.2) is 0 Å². The number of phosphoric ester groups is 1. The molecule has 9 nitrogen and oxygen atoms in total. The van der Waals surface area contributed by atoms with Crippen LogP contribution in [0.1, 0.15) is 303 Å². The normalized spacial score (nSPS) is 14.2. The minimum atomic E-state index is -4.47. The molecule has 1 amide bonds. The summed E-state index contributed by atoms with van der Waals surface area (Å²) in [6.07, 6.45) is 92.0. The van der Waals surface area contributed by atoms with Crippen LogP contribution in [0.15, 0.2) is 122 Å². The number of phosphoric acid groups is 1. The van der Waals surface area contributed by atoms with Crippen molar-refractivity contribution in [1.29, 1.82) is 0 Å². The number of rotatable bonds is 64. The smallest absolute Gasteiger partial charge is 0.456 e. The van der Waals surface area contributed by atoms with Crippen LogP contribution in [-0.4, -0.2) is 74.3 Å². The van der Waals surface area contributed by atoms with Crippen LogP contribution < -0.4 is 5.32 Å². The molecule has 0 aliphatic heterocycles. The molecule has 0 aliphatic rings. The van der Waals surface area contributed by atoms with Crippen LogP contribution in [0, 0.1) is 0 Å². The number of nitrogens with one attached hydrogen (secondary N) is 1. The van der Waals surface area contributed by atoms with Gasteiger partial charge in [0, 0.05) is 12.8 Å². The first kappa shape index (κ1) is 83.4. The monoisotopic (exact) mass is 1230 g/mol. The van der Waals surface area contributed by atoms with Gasteiger partial charge in [-0.2, -0.15) is 0 Å². The predicted molar refractivity (Wildman–Crippen MR) is 378 cm³/mol. The number of hydrogen-bond donors (Lipinski definition) is 2. The molecule has 0 saturated carbocycles. The molecule has 0 aliphatic carbocycles.